The Hall–Kier alpha value is -3.40. The lowest BCUT2D eigenvalue weighted by Crippen LogP contribution is -2.32. The van der Waals surface area contributed by atoms with Crippen LogP contribution < -0.4 is 9.64 Å². The highest BCUT2D eigenvalue weighted by Crippen LogP contribution is 2.23. The molecular formula is C24H22FNO2. The van der Waals surface area contributed by atoms with Gasteiger partial charge in [-0.2, -0.15) is 0 Å². The van der Waals surface area contributed by atoms with E-state index in [1.54, 1.807) is 36.3 Å². The first-order chi connectivity index (χ1) is 13.6. The maximum absolute atomic E-state index is 13.6. The van der Waals surface area contributed by atoms with Gasteiger partial charge in [0.05, 0.1) is 7.11 Å². The van der Waals surface area contributed by atoms with Crippen molar-refractivity contribution in [1.29, 1.82) is 0 Å². The summed E-state index contributed by atoms with van der Waals surface area (Å²) in [4.78, 5) is 14.8. The van der Waals surface area contributed by atoms with Gasteiger partial charge in [-0.3, -0.25) is 4.79 Å². The highest BCUT2D eigenvalue weighted by atomic mass is 19.1. The van der Waals surface area contributed by atoms with Crippen molar-refractivity contribution in [2.24, 2.45) is 0 Å². The van der Waals surface area contributed by atoms with E-state index >= 15 is 0 Å². The second-order valence-corrected chi connectivity index (χ2v) is 6.50. The number of nitrogens with zero attached hydrogens (tertiary/aromatic N) is 1. The van der Waals surface area contributed by atoms with E-state index in [2.05, 4.69) is 0 Å². The molecule has 0 saturated heterocycles. The van der Waals surface area contributed by atoms with E-state index in [1.807, 2.05) is 55.5 Å². The van der Waals surface area contributed by atoms with Gasteiger partial charge in [0.15, 0.2) is 0 Å². The maximum atomic E-state index is 13.6. The average molecular weight is 375 g/mol. The SMILES string of the molecule is COc1ccc(N(C/C(C)=C/c2ccccc2)C(=O)c2cccc(F)c2)cc1. The zero-order valence-corrected chi connectivity index (χ0v) is 15.9. The maximum Gasteiger partial charge on any atom is 0.258 e. The molecule has 3 aromatic carbocycles. The van der Waals surface area contributed by atoms with Gasteiger partial charge < -0.3 is 9.64 Å². The predicted molar refractivity (Wildman–Crippen MR) is 111 cm³/mol. The van der Waals surface area contributed by atoms with Crippen LogP contribution in [0.2, 0.25) is 0 Å². The molecule has 0 radical (unpaired) electrons. The first kappa shape index (κ1) is 19.4. The molecule has 142 valence electrons. The van der Waals surface area contributed by atoms with Crippen LogP contribution in [0.5, 0.6) is 5.75 Å². The summed E-state index contributed by atoms with van der Waals surface area (Å²) in [5.74, 6) is 0.0148. The van der Waals surface area contributed by atoms with E-state index in [0.717, 1.165) is 16.8 Å². The molecule has 0 N–H and O–H groups in total. The van der Waals surface area contributed by atoms with Gasteiger partial charge in [-0.25, -0.2) is 4.39 Å². The Bertz CT molecular complexity index is 965. The van der Waals surface area contributed by atoms with Crippen molar-refractivity contribution < 1.29 is 13.9 Å². The van der Waals surface area contributed by atoms with E-state index in [-0.39, 0.29) is 5.91 Å². The topological polar surface area (TPSA) is 29.5 Å². The molecule has 0 atom stereocenters. The van der Waals surface area contributed by atoms with Gasteiger partial charge in [0, 0.05) is 17.8 Å². The fourth-order valence-electron chi connectivity index (χ4n) is 2.95. The summed E-state index contributed by atoms with van der Waals surface area (Å²) in [7, 11) is 1.59. The lowest BCUT2D eigenvalue weighted by molar-refractivity contribution is 0.0988. The second kappa shape index (κ2) is 9.00. The standard InChI is InChI=1S/C24H22FNO2/c1-18(15-19-7-4-3-5-8-19)17-26(22-11-13-23(28-2)14-12-22)24(27)20-9-6-10-21(25)16-20/h3-16H,17H2,1-2H3/b18-15+. The van der Waals surface area contributed by atoms with Crippen LogP contribution in [0.25, 0.3) is 6.08 Å². The summed E-state index contributed by atoms with van der Waals surface area (Å²) in [5, 5.41) is 0. The molecule has 0 unspecified atom stereocenters. The van der Waals surface area contributed by atoms with Crippen LogP contribution >= 0.6 is 0 Å². The third kappa shape index (κ3) is 4.86. The highest BCUT2D eigenvalue weighted by Gasteiger charge is 2.19. The number of carbonyl (C=O) groups excluding carboxylic acids is 1. The van der Waals surface area contributed by atoms with Gasteiger partial charge in [-0.1, -0.05) is 48.0 Å². The van der Waals surface area contributed by atoms with Crippen LogP contribution in [0.15, 0.2) is 84.4 Å². The number of ether oxygens (including phenoxy) is 1. The Labute approximate surface area is 164 Å². The van der Waals surface area contributed by atoms with Crippen LogP contribution in [-0.4, -0.2) is 19.6 Å². The molecule has 0 fully saturated rings. The van der Waals surface area contributed by atoms with Gasteiger partial charge in [0.2, 0.25) is 0 Å². The summed E-state index contributed by atoms with van der Waals surface area (Å²) in [6, 6.07) is 22.9. The van der Waals surface area contributed by atoms with Gasteiger partial charge in [-0.05, 0) is 55.0 Å². The minimum atomic E-state index is -0.433. The van der Waals surface area contributed by atoms with Crippen molar-refractivity contribution in [3.8, 4) is 5.75 Å². The Kier molecular flexibility index (Phi) is 6.22. The molecule has 0 spiro atoms. The molecule has 0 aliphatic carbocycles. The van der Waals surface area contributed by atoms with Crippen LogP contribution in [0.1, 0.15) is 22.8 Å². The molecule has 0 bridgehead atoms. The Balaban J connectivity index is 1.93. The van der Waals surface area contributed by atoms with Crippen molar-refractivity contribution in [3.05, 3.63) is 101 Å². The largest absolute Gasteiger partial charge is 0.497 e. The minimum Gasteiger partial charge on any atom is -0.497 e. The summed E-state index contributed by atoms with van der Waals surface area (Å²) >= 11 is 0. The van der Waals surface area contributed by atoms with Gasteiger partial charge in [0.1, 0.15) is 11.6 Å². The summed E-state index contributed by atoms with van der Waals surface area (Å²) in [6.45, 7) is 2.36. The smallest absolute Gasteiger partial charge is 0.258 e. The first-order valence-corrected chi connectivity index (χ1v) is 9.00. The first-order valence-electron chi connectivity index (χ1n) is 9.00. The lowest BCUT2D eigenvalue weighted by Gasteiger charge is -2.24. The van der Waals surface area contributed by atoms with Crippen molar-refractivity contribution in [2.75, 3.05) is 18.6 Å². The molecule has 4 heteroatoms. The zero-order chi connectivity index (χ0) is 19.9. The number of rotatable bonds is 6. The molecule has 28 heavy (non-hydrogen) atoms. The van der Waals surface area contributed by atoms with E-state index in [1.165, 1.54) is 12.1 Å². The molecular weight excluding hydrogens is 353 g/mol. The zero-order valence-electron chi connectivity index (χ0n) is 15.9. The minimum absolute atomic E-state index is 0.259. The highest BCUT2D eigenvalue weighted by molar-refractivity contribution is 6.06. The molecule has 1 amide bonds. The van der Waals surface area contributed by atoms with Crippen molar-refractivity contribution in [1.82, 2.24) is 0 Å². The van der Waals surface area contributed by atoms with Crippen LogP contribution in [0.3, 0.4) is 0 Å². The van der Waals surface area contributed by atoms with E-state index < -0.39 is 5.82 Å². The number of amides is 1. The van der Waals surface area contributed by atoms with Crippen molar-refractivity contribution in [2.45, 2.75) is 6.92 Å². The Morgan fingerprint density at radius 1 is 1.00 bits per heavy atom. The summed E-state index contributed by atoms with van der Waals surface area (Å²) in [5.41, 5.74) is 3.10. The summed E-state index contributed by atoms with van der Waals surface area (Å²) < 4.78 is 18.8. The predicted octanol–water partition coefficient (Wildman–Crippen LogP) is 5.58. The number of carbonyl (C=O) groups is 1. The van der Waals surface area contributed by atoms with Crippen molar-refractivity contribution in [3.63, 3.8) is 0 Å². The van der Waals surface area contributed by atoms with Crippen LogP contribution in [0.4, 0.5) is 10.1 Å². The van der Waals surface area contributed by atoms with E-state index in [9.17, 15) is 9.18 Å². The fourth-order valence-corrected chi connectivity index (χ4v) is 2.95. The second-order valence-electron chi connectivity index (χ2n) is 6.50. The van der Waals surface area contributed by atoms with Crippen LogP contribution in [0, 0.1) is 5.82 Å². The fraction of sp³-hybridized carbons (Fsp3) is 0.125. The number of hydrogen-bond donors (Lipinski definition) is 0. The Morgan fingerprint density at radius 3 is 2.36 bits per heavy atom. The molecule has 3 nitrogen and oxygen atoms in total. The monoisotopic (exact) mass is 375 g/mol. The molecule has 3 aromatic rings. The number of anilines is 1. The van der Waals surface area contributed by atoms with Gasteiger partial charge in [0.25, 0.3) is 5.91 Å². The number of hydrogen-bond acceptors (Lipinski definition) is 2. The van der Waals surface area contributed by atoms with Crippen LogP contribution in [-0.2, 0) is 0 Å². The van der Waals surface area contributed by atoms with E-state index in [0.29, 0.717) is 17.9 Å². The molecule has 0 aliphatic rings. The third-order valence-corrected chi connectivity index (χ3v) is 4.32. The van der Waals surface area contributed by atoms with Crippen molar-refractivity contribution >= 4 is 17.7 Å². The molecule has 0 heterocycles. The Morgan fingerprint density at radius 2 is 1.71 bits per heavy atom. The quantitative estimate of drug-likeness (QED) is 0.562. The normalized spacial score (nSPS) is 11.2. The lowest BCUT2D eigenvalue weighted by atomic mass is 10.1. The molecule has 0 aromatic heterocycles. The number of benzene rings is 3. The number of methoxy groups -OCH3 is 1. The molecule has 0 saturated carbocycles. The number of halogens is 1. The molecule has 3 rings (SSSR count). The molecule has 0 aliphatic heterocycles. The summed E-state index contributed by atoms with van der Waals surface area (Å²) in [6.07, 6.45) is 2.04. The average Bonchev–Trinajstić information content (AvgIpc) is 2.72. The van der Waals surface area contributed by atoms with Gasteiger partial charge in [-0.15, -0.1) is 0 Å². The van der Waals surface area contributed by atoms with Gasteiger partial charge >= 0.3 is 0 Å². The third-order valence-electron chi connectivity index (χ3n) is 4.32. The van der Waals surface area contributed by atoms with E-state index in [4.69, 9.17) is 4.74 Å².